The second-order valence-electron chi connectivity index (χ2n) is 5.25. The van der Waals surface area contributed by atoms with E-state index >= 15 is 0 Å². The Morgan fingerprint density at radius 2 is 1.94 bits per heavy atom. The Hall–Kier alpha value is -0.550. The first-order valence-corrected chi connectivity index (χ1v) is 6.44. The number of carbonyl (C=O) groups excluding carboxylic acids is 2. The highest BCUT2D eigenvalue weighted by atomic mass is 32.1. The number of ether oxygens (including phenoxy) is 1. The van der Waals surface area contributed by atoms with Crippen molar-refractivity contribution in [3.63, 3.8) is 0 Å². The van der Waals surface area contributed by atoms with Crippen LogP contribution in [0.5, 0.6) is 0 Å². The predicted octanol–water partition coefficient (Wildman–Crippen LogP) is 1.19. The van der Waals surface area contributed by atoms with E-state index in [-0.39, 0.29) is 11.7 Å². The molecule has 0 aromatic carbocycles. The van der Waals surface area contributed by atoms with Crippen LogP contribution in [0.4, 0.5) is 0 Å². The molecule has 0 aromatic heterocycles. The minimum absolute atomic E-state index is 0.0338. The molecule has 1 saturated heterocycles. The molecule has 0 aliphatic carbocycles. The highest BCUT2D eigenvalue weighted by Gasteiger charge is 2.50. The third-order valence-corrected chi connectivity index (χ3v) is 3.05. The number of nitrogens with one attached hydrogen (secondary N) is 1. The molecule has 0 saturated carbocycles. The van der Waals surface area contributed by atoms with Gasteiger partial charge in [-0.25, -0.2) is 0 Å². The third kappa shape index (κ3) is 4.00. The summed E-state index contributed by atoms with van der Waals surface area (Å²) in [6.45, 7) is 7.94. The van der Waals surface area contributed by atoms with Crippen LogP contribution in [0.2, 0.25) is 0 Å². The van der Waals surface area contributed by atoms with E-state index in [0.29, 0.717) is 18.9 Å². The molecule has 1 heterocycles. The summed E-state index contributed by atoms with van der Waals surface area (Å²) in [7, 11) is 0. The van der Waals surface area contributed by atoms with Crippen molar-refractivity contribution in [2.45, 2.75) is 51.0 Å². The lowest BCUT2D eigenvalue weighted by molar-refractivity contribution is -0.130. The number of Topliss-reactive ketones (excluding diaryl/α,β-unsaturated/α-hetero) is 1. The van der Waals surface area contributed by atoms with Gasteiger partial charge in [-0.2, -0.15) is 12.6 Å². The normalized spacial score (nSPS) is 26.5. The number of carbonyl (C=O) groups is 2. The van der Waals surface area contributed by atoms with E-state index in [1.165, 1.54) is 0 Å². The molecule has 3 atom stereocenters. The molecule has 0 aromatic rings. The first-order chi connectivity index (χ1) is 7.76. The van der Waals surface area contributed by atoms with E-state index in [2.05, 4.69) is 17.9 Å². The number of thiol groups is 1. The summed E-state index contributed by atoms with van der Waals surface area (Å²) < 4.78 is 5.14. The SMILES string of the molecule is CC(C)CC(NC(=O)C(C)S)C(=O)C1(C)CO1. The number of rotatable bonds is 6. The van der Waals surface area contributed by atoms with Crippen molar-refractivity contribution >= 4 is 24.3 Å². The minimum atomic E-state index is -0.688. The Balaban J connectivity index is 2.66. The van der Waals surface area contributed by atoms with E-state index in [4.69, 9.17) is 4.74 Å². The topological polar surface area (TPSA) is 58.7 Å². The fraction of sp³-hybridized carbons (Fsp3) is 0.833. The van der Waals surface area contributed by atoms with Gasteiger partial charge in [0.1, 0.15) is 5.60 Å². The van der Waals surface area contributed by atoms with Crippen LogP contribution in [0.25, 0.3) is 0 Å². The van der Waals surface area contributed by atoms with Crippen LogP contribution in [0.1, 0.15) is 34.1 Å². The fourth-order valence-corrected chi connectivity index (χ4v) is 1.69. The first kappa shape index (κ1) is 14.5. The van der Waals surface area contributed by atoms with Gasteiger partial charge in [0.2, 0.25) is 5.91 Å². The maximum atomic E-state index is 12.2. The number of hydrogen-bond donors (Lipinski definition) is 2. The van der Waals surface area contributed by atoms with Gasteiger partial charge in [0.05, 0.1) is 17.9 Å². The predicted molar refractivity (Wildman–Crippen MR) is 69.2 cm³/mol. The average molecular weight is 259 g/mol. The molecule has 17 heavy (non-hydrogen) atoms. The smallest absolute Gasteiger partial charge is 0.233 e. The Morgan fingerprint density at radius 1 is 1.41 bits per heavy atom. The average Bonchev–Trinajstić information content (AvgIpc) is 2.94. The summed E-state index contributed by atoms with van der Waals surface area (Å²) in [5, 5.41) is 2.34. The van der Waals surface area contributed by atoms with Gasteiger partial charge in [-0.05, 0) is 26.2 Å². The van der Waals surface area contributed by atoms with E-state index in [1.807, 2.05) is 13.8 Å². The van der Waals surface area contributed by atoms with Crippen molar-refractivity contribution < 1.29 is 14.3 Å². The molecular formula is C12H21NO3S. The molecule has 0 bridgehead atoms. The summed E-state index contributed by atoms with van der Waals surface area (Å²) in [5.41, 5.74) is -0.688. The Kier molecular flexibility index (Phi) is 4.61. The van der Waals surface area contributed by atoms with Crippen LogP contribution in [0, 0.1) is 5.92 Å². The summed E-state index contributed by atoms with van der Waals surface area (Å²) in [4.78, 5) is 23.8. The second kappa shape index (κ2) is 5.40. The lowest BCUT2D eigenvalue weighted by Crippen LogP contribution is -2.48. The van der Waals surface area contributed by atoms with Crippen LogP contribution in [-0.4, -0.2) is 35.2 Å². The summed E-state index contributed by atoms with van der Waals surface area (Å²) in [6.07, 6.45) is 0.629. The Morgan fingerprint density at radius 3 is 2.29 bits per heavy atom. The molecule has 1 amide bonds. The molecule has 1 N–H and O–H groups in total. The van der Waals surface area contributed by atoms with E-state index in [9.17, 15) is 9.59 Å². The van der Waals surface area contributed by atoms with Gasteiger partial charge in [0.15, 0.2) is 5.78 Å². The summed E-state index contributed by atoms with van der Waals surface area (Å²) in [6, 6.07) is -0.468. The maximum Gasteiger partial charge on any atom is 0.233 e. The summed E-state index contributed by atoms with van der Waals surface area (Å²) in [5.74, 6) is 0.0898. The fourth-order valence-electron chi connectivity index (χ4n) is 1.61. The van der Waals surface area contributed by atoms with Crippen molar-refractivity contribution in [1.82, 2.24) is 5.32 Å². The zero-order chi connectivity index (χ0) is 13.2. The van der Waals surface area contributed by atoms with Crippen LogP contribution in [-0.2, 0) is 14.3 Å². The van der Waals surface area contributed by atoms with Crippen molar-refractivity contribution in [3.8, 4) is 0 Å². The standard InChI is InChI=1S/C12H21NO3S/c1-7(2)5-9(13-11(15)8(3)17)10(14)12(4)6-16-12/h7-9,17H,5-6H2,1-4H3,(H,13,15). The van der Waals surface area contributed by atoms with E-state index in [1.54, 1.807) is 13.8 Å². The monoisotopic (exact) mass is 259 g/mol. The minimum Gasteiger partial charge on any atom is -0.361 e. The van der Waals surface area contributed by atoms with Crippen molar-refractivity contribution in [2.24, 2.45) is 5.92 Å². The second-order valence-corrected chi connectivity index (χ2v) is 6.03. The molecule has 5 heteroatoms. The van der Waals surface area contributed by atoms with Crippen LogP contribution < -0.4 is 5.32 Å². The number of hydrogen-bond acceptors (Lipinski definition) is 4. The highest BCUT2D eigenvalue weighted by Crippen LogP contribution is 2.29. The van der Waals surface area contributed by atoms with Gasteiger partial charge in [-0.15, -0.1) is 0 Å². The zero-order valence-electron chi connectivity index (χ0n) is 10.8. The van der Waals surface area contributed by atoms with Crippen molar-refractivity contribution in [3.05, 3.63) is 0 Å². The molecule has 1 fully saturated rings. The molecule has 1 aliphatic heterocycles. The number of ketones is 1. The van der Waals surface area contributed by atoms with Crippen molar-refractivity contribution in [1.29, 1.82) is 0 Å². The molecule has 98 valence electrons. The highest BCUT2D eigenvalue weighted by molar-refractivity contribution is 7.81. The van der Waals surface area contributed by atoms with Gasteiger partial charge in [-0.3, -0.25) is 9.59 Å². The first-order valence-electron chi connectivity index (χ1n) is 5.93. The molecule has 1 rings (SSSR count). The van der Waals surface area contributed by atoms with Gasteiger partial charge >= 0.3 is 0 Å². The maximum absolute atomic E-state index is 12.2. The molecule has 4 nitrogen and oxygen atoms in total. The van der Waals surface area contributed by atoms with Crippen LogP contribution >= 0.6 is 12.6 Å². The molecule has 3 unspecified atom stereocenters. The van der Waals surface area contributed by atoms with Crippen LogP contribution in [0.3, 0.4) is 0 Å². The molecule has 1 aliphatic rings. The Bertz CT molecular complexity index is 311. The van der Waals surface area contributed by atoms with Gasteiger partial charge in [0, 0.05) is 0 Å². The molecule has 0 radical (unpaired) electrons. The lowest BCUT2D eigenvalue weighted by atomic mass is 9.93. The third-order valence-electron chi connectivity index (χ3n) is 2.82. The molecule has 0 spiro atoms. The lowest BCUT2D eigenvalue weighted by Gasteiger charge is -2.22. The number of epoxide rings is 1. The van der Waals surface area contributed by atoms with Gasteiger partial charge in [0.25, 0.3) is 0 Å². The zero-order valence-corrected chi connectivity index (χ0v) is 11.7. The molecular weight excluding hydrogens is 238 g/mol. The van der Waals surface area contributed by atoms with Crippen molar-refractivity contribution in [2.75, 3.05) is 6.61 Å². The van der Waals surface area contributed by atoms with Gasteiger partial charge < -0.3 is 10.1 Å². The largest absolute Gasteiger partial charge is 0.361 e. The van der Waals surface area contributed by atoms with Crippen LogP contribution in [0.15, 0.2) is 0 Å². The number of amides is 1. The van der Waals surface area contributed by atoms with E-state index in [0.717, 1.165) is 0 Å². The Labute approximate surface area is 108 Å². The summed E-state index contributed by atoms with van der Waals surface area (Å²) >= 11 is 4.06. The van der Waals surface area contributed by atoms with Gasteiger partial charge in [-0.1, -0.05) is 13.8 Å². The quantitative estimate of drug-likeness (QED) is 0.556. The van der Waals surface area contributed by atoms with E-state index < -0.39 is 16.9 Å².